The van der Waals surface area contributed by atoms with Crippen LogP contribution < -0.4 is 5.32 Å². The molecule has 0 spiro atoms. The molecule has 1 aliphatic heterocycles. The number of rotatable bonds is 5. The minimum atomic E-state index is -0.246. The molecule has 138 valence electrons. The zero-order valence-electron chi connectivity index (χ0n) is 15.3. The molecule has 6 heteroatoms. The van der Waals surface area contributed by atoms with Crippen molar-refractivity contribution in [1.82, 2.24) is 20.0 Å². The van der Waals surface area contributed by atoms with Crippen LogP contribution in [0.2, 0.25) is 0 Å². The third-order valence-corrected chi connectivity index (χ3v) is 5.70. The number of halogens is 1. The minimum Gasteiger partial charge on any atom is -0.337 e. The highest BCUT2D eigenvalue weighted by Gasteiger charge is 2.44. The monoisotopic (exact) mass is 356 g/mol. The van der Waals surface area contributed by atoms with Gasteiger partial charge < -0.3 is 10.2 Å². The van der Waals surface area contributed by atoms with Crippen LogP contribution in [0.3, 0.4) is 0 Å². The molecule has 2 amide bonds. The van der Waals surface area contributed by atoms with Crippen molar-refractivity contribution in [3.8, 4) is 0 Å². The number of hydrogen-bond acceptors (Lipinski definition) is 2. The molecule has 1 aromatic heterocycles. The van der Waals surface area contributed by atoms with Gasteiger partial charge in [0.1, 0.15) is 5.82 Å². The lowest BCUT2D eigenvalue weighted by Crippen LogP contribution is -2.51. The first-order valence-corrected chi connectivity index (χ1v) is 9.27. The molecular weight excluding hydrogens is 331 g/mol. The fraction of sp³-hybridized carbons (Fsp3) is 0.500. The molecule has 1 saturated carbocycles. The molecule has 4 rings (SSSR count). The Morgan fingerprint density at radius 1 is 1.31 bits per heavy atom. The topological polar surface area (TPSA) is 50.2 Å². The van der Waals surface area contributed by atoms with E-state index in [1.165, 1.54) is 17.8 Å². The molecule has 1 aromatic carbocycles. The second kappa shape index (κ2) is 6.41. The third-order valence-electron chi connectivity index (χ3n) is 5.70. The van der Waals surface area contributed by atoms with Gasteiger partial charge in [0.05, 0.1) is 11.7 Å². The normalized spacial score (nSPS) is 20.6. The van der Waals surface area contributed by atoms with Gasteiger partial charge in [0.2, 0.25) is 0 Å². The smallest absolute Gasteiger partial charge is 0.317 e. The Morgan fingerprint density at radius 2 is 2.04 bits per heavy atom. The standard InChI is InChI=1S/C20H25FN4O/c1-14-11-15(2)25(23-14)13-20(8-9-20)12-22-19(26)24-10-7-18(24)16-3-5-17(21)6-4-16/h3-6,11,18H,7-10,12-13H2,1-2H3,(H,22,26)/t18-/m0/s1. The minimum absolute atomic E-state index is 0.0229. The molecule has 2 aliphatic rings. The molecule has 1 saturated heterocycles. The van der Waals surface area contributed by atoms with Gasteiger partial charge in [-0.3, -0.25) is 4.68 Å². The molecule has 2 heterocycles. The van der Waals surface area contributed by atoms with Crippen LogP contribution >= 0.6 is 0 Å². The molecule has 2 fully saturated rings. The molecule has 2 aromatic rings. The average molecular weight is 356 g/mol. The summed E-state index contributed by atoms with van der Waals surface area (Å²) in [5.41, 5.74) is 3.33. The van der Waals surface area contributed by atoms with E-state index >= 15 is 0 Å². The van der Waals surface area contributed by atoms with Crippen molar-refractivity contribution >= 4 is 6.03 Å². The number of aryl methyl sites for hydroxylation is 2. The number of aromatic nitrogens is 2. The van der Waals surface area contributed by atoms with Gasteiger partial charge in [-0.25, -0.2) is 9.18 Å². The van der Waals surface area contributed by atoms with Gasteiger partial charge in [-0.15, -0.1) is 0 Å². The van der Waals surface area contributed by atoms with E-state index in [9.17, 15) is 9.18 Å². The van der Waals surface area contributed by atoms with E-state index < -0.39 is 0 Å². The van der Waals surface area contributed by atoms with Crippen LogP contribution in [-0.4, -0.2) is 33.8 Å². The largest absolute Gasteiger partial charge is 0.337 e. The van der Waals surface area contributed by atoms with Gasteiger partial charge in [0.25, 0.3) is 0 Å². The summed E-state index contributed by atoms with van der Waals surface area (Å²) in [6, 6.07) is 8.57. The first-order valence-electron chi connectivity index (χ1n) is 9.27. The Kier molecular flexibility index (Phi) is 4.21. The summed E-state index contributed by atoms with van der Waals surface area (Å²) in [6.45, 7) is 6.36. The van der Waals surface area contributed by atoms with Crippen LogP contribution in [0, 0.1) is 25.1 Å². The van der Waals surface area contributed by atoms with Crippen LogP contribution in [0.1, 0.15) is 42.3 Å². The maximum Gasteiger partial charge on any atom is 0.317 e. The van der Waals surface area contributed by atoms with E-state index in [2.05, 4.69) is 28.1 Å². The number of urea groups is 1. The number of amides is 2. The van der Waals surface area contributed by atoms with Crippen molar-refractivity contribution in [1.29, 1.82) is 0 Å². The lowest BCUT2D eigenvalue weighted by molar-refractivity contribution is 0.113. The summed E-state index contributed by atoms with van der Waals surface area (Å²) < 4.78 is 15.2. The summed E-state index contributed by atoms with van der Waals surface area (Å²) in [5.74, 6) is -0.246. The number of benzene rings is 1. The molecule has 1 aliphatic carbocycles. The van der Waals surface area contributed by atoms with Gasteiger partial charge in [-0.05, 0) is 56.9 Å². The van der Waals surface area contributed by atoms with E-state index in [1.54, 1.807) is 12.1 Å². The van der Waals surface area contributed by atoms with E-state index in [-0.39, 0.29) is 23.3 Å². The van der Waals surface area contributed by atoms with Crippen LogP contribution in [0.25, 0.3) is 0 Å². The second-order valence-corrected chi connectivity index (χ2v) is 7.79. The summed E-state index contributed by atoms with van der Waals surface area (Å²) in [7, 11) is 0. The van der Waals surface area contributed by atoms with Gasteiger partial charge in [-0.2, -0.15) is 5.10 Å². The van der Waals surface area contributed by atoms with Gasteiger partial charge in [-0.1, -0.05) is 12.1 Å². The quantitative estimate of drug-likeness (QED) is 0.890. The number of hydrogen-bond donors (Lipinski definition) is 1. The lowest BCUT2D eigenvalue weighted by atomic mass is 9.95. The highest BCUT2D eigenvalue weighted by Crippen LogP contribution is 2.46. The molecule has 0 bridgehead atoms. The van der Waals surface area contributed by atoms with E-state index in [1.807, 2.05) is 11.8 Å². The van der Waals surface area contributed by atoms with Crippen LogP contribution in [-0.2, 0) is 6.54 Å². The highest BCUT2D eigenvalue weighted by molar-refractivity contribution is 5.75. The maximum absolute atomic E-state index is 13.1. The van der Waals surface area contributed by atoms with Crippen molar-refractivity contribution in [2.24, 2.45) is 5.41 Å². The Morgan fingerprint density at radius 3 is 2.58 bits per heavy atom. The van der Waals surface area contributed by atoms with Gasteiger partial charge in [0, 0.05) is 30.7 Å². The van der Waals surface area contributed by atoms with Gasteiger partial charge in [0.15, 0.2) is 0 Å². The Hall–Kier alpha value is -2.37. The number of carbonyl (C=O) groups is 1. The molecule has 0 radical (unpaired) electrons. The molecule has 1 N–H and O–H groups in total. The number of nitrogens with one attached hydrogen (secondary N) is 1. The molecule has 5 nitrogen and oxygen atoms in total. The molecule has 1 atom stereocenters. The second-order valence-electron chi connectivity index (χ2n) is 7.79. The molecule has 26 heavy (non-hydrogen) atoms. The first kappa shape index (κ1) is 17.1. The SMILES string of the molecule is Cc1cc(C)n(CC2(CNC(=O)N3CC[C@H]3c3ccc(F)cc3)CC2)n1. The molecule has 0 unspecified atom stereocenters. The summed E-state index contributed by atoms with van der Waals surface area (Å²) in [4.78, 5) is 14.4. The fourth-order valence-electron chi connectivity index (χ4n) is 3.75. The van der Waals surface area contributed by atoms with Crippen molar-refractivity contribution in [2.45, 2.75) is 45.7 Å². The summed E-state index contributed by atoms with van der Waals surface area (Å²) in [5, 5.41) is 7.66. The van der Waals surface area contributed by atoms with Crippen molar-refractivity contribution < 1.29 is 9.18 Å². The van der Waals surface area contributed by atoms with Crippen molar-refractivity contribution in [3.05, 3.63) is 53.1 Å². The predicted molar refractivity (Wildman–Crippen MR) is 97.2 cm³/mol. The molecular formula is C20H25FN4O. The number of nitrogens with zero attached hydrogens (tertiary/aromatic N) is 3. The summed E-state index contributed by atoms with van der Waals surface area (Å²) >= 11 is 0. The number of likely N-dealkylation sites (tertiary alicyclic amines) is 1. The average Bonchev–Trinajstić information content (AvgIpc) is 3.26. The Labute approximate surface area is 153 Å². The lowest BCUT2D eigenvalue weighted by Gasteiger charge is -2.41. The van der Waals surface area contributed by atoms with Crippen LogP contribution in [0.5, 0.6) is 0 Å². The first-order chi connectivity index (χ1) is 12.5. The van der Waals surface area contributed by atoms with Crippen molar-refractivity contribution in [3.63, 3.8) is 0 Å². The van der Waals surface area contributed by atoms with Crippen LogP contribution in [0.15, 0.2) is 30.3 Å². The Balaban J connectivity index is 1.34. The van der Waals surface area contributed by atoms with Gasteiger partial charge >= 0.3 is 6.03 Å². The summed E-state index contributed by atoms with van der Waals surface area (Å²) in [6.07, 6.45) is 3.16. The highest BCUT2D eigenvalue weighted by atomic mass is 19.1. The maximum atomic E-state index is 13.1. The van der Waals surface area contributed by atoms with E-state index in [4.69, 9.17) is 0 Å². The zero-order chi connectivity index (χ0) is 18.3. The zero-order valence-corrected chi connectivity index (χ0v) is 15.3. The van der Waals surface area contributed by atoms with E-state index in [0.717, 1.165) is 43.6 Å². The number of carbonyl (C=O) groups excluding carboxylic acids is 1. The fourth-order valence-corrected chi connectivity index (χ4v) is 3.75. The predicted octanol–water partition coefficient (Wildman–Crippen LogP) is 3.58. The Bertz CT molecular complexity index is 810. The van der Waals surface area contributed by atoms with Crippen LogP contribution in [0.4, 0.5) is 9.18 Å². The van der Waals surface area contributed by atoms with E-state index in [0.29, 0.717) is 6.54 Å². The third kappa shape index (κ3) is 3.32. The van der Waals surface area contributed by atoms with Crippen molar-refractivity contribution in [2.75, 3.05) is 13.1 Å².